The van der Waals surface area contributed by atoms with Crippen molar-refractivity contribution in [1.29, 1.82) is 0 Å². The van der Waals surface area contributed by atoms with Crippen LogP contribution in [0.5, 0.6) is 5.75 Å². The van der Waals surface area contributed by atoms with E-state index in [-0.39, 0.29) is 25.0 Å². The normalized spacial score (nSPS) is 11.8. The Morgan fingerprint density at radius 1 is 1.30 bits per heavy atom. The highest BCUT2D eigenvalue weighted by Gasteiger charge is 2.10. The third kappa shape index (κ3) is 5.73. The smallest absolute Gasteiger partial charge is 0.303 e. The van der Waals surface area contributed by atoms with Crippen molar-refractivity contribution in [2.75, 3.05) is 6.61 Å². The van der Waals surface area contributed by atoms with Crippen molar-refractivity contribution in [3.05, 3.63) is 29.3 Å². The van der Waals surface area contributed by atoms with E-state index in [4.69, 9.17) is 9.84 Å². The van der Waals surface area contributed by atoms with Gasteiger partial charge in [-0.1, -0.05) is 6.07 Å². The first-order valence-electron chi connectivity index (χ1n) is 6.59. The monoisotopic (exact) mass is 279 g/mol. The van der Waals surface area contributed by atoms with Gasteiger partial charge in [-0.05, 0) is 50.5 Å². The van der Waals surface area contributed by atoms with Crippen LogP contribution in [0.15, 0.2) is 18.2 Å². The highest BCUT2D eigenvalue weighted by atomic mass is 16.5. The molecule has 1 rings (SSSR count). The van der Waals surface area contributed by atoms with E-state index in [0.29, 0.717) is 12.2 Å². The van der Waals surface area contributed by atoms with Crippen LogP contribution in [0.4, 0.5) is 0 Å². The standard InChI is InChI=1S/C15H21NO4/c1-10-4-6-13(8-11(10)2)20-9-14(17)16-12(3)5-7-15(18)19/h4,6,8,12H,5,7,9H2,1-3H3,(H,16,17)(H,18,19). The second-order valence-electron chi connectivity index (χ2n) is 4.94. The molecule has 20 heavy (non-hydrogen) atoms. The molecule has 5 nitrogen and oxygen atoms in total. The topological polar surface area (TPSA) is 75.6 Å². The Hall–Kier alpha value is -2.04. The number of nitrogens with one attached hydrogen (secondary N) is 1. The van der Waals surface area contributed by atoms with Crippen LogP contribution in [0.25, 0.3) is 0 Å². The Kier molecular flexibility index (Phi) is 6.03. The van der Waals surface area contributed by atoms with E-state index < -0.39 is 5.97 Å². The van der Waals surface area contributed by atoms with Gasteiger partial charge in [0.05, 0.1) is 0 Å². The zero-order valence-corrected chi connectivity index (χ0v) is 12.1. The molecule has 2 N–H and O–H groups in total. The molecular formula is C15H21NO4. The van der Waals surface area contributed by atoms with Gasteiger partial charge in [0.1, 0.15) is 5.75 Å². The molecule has 1 atom stereocenters. The third-order valence-corrected chi connectivity index (χ3v) is 3.05. The van der Waals surface area contributed by atoms with Gasteiger partial charge in [-0.3, -0.25) is 9.59 Å². The zero-order valence-electron chi connectivity index (χ0n) is 12.1. The molecule has 1 amide bonds. The average Bonchev–Trinajstić information content (AvgIpc) is 2.38. The number of hydrogen-bond acceptors (Lipinski definition) is 3. The van der Waals surface area contributed by atoms with E-state index in [9.17, 15) is 9.59 Å². The molecule has 0 aliphatic rings. The highest BCUT2D eigenvalue weighted by molar-refractivity contribution is 5.77. The summed E-state index contributed by atoms with van der Waals surface area (Å²) in [7, 11) is 0. The summed E-state index contributed by atoms with van der Waals surface area (Å²) >= 11 is 0. The van der Waals surface area contributed by atoms with Gasteiger partial charge in [0.2, 0.25) is 0 Å². The molecule has 0 spiro atoms. The number of carboxylic acids is 1. The van der Waals surface area contributed by atoms with Crippen molar-refractivity contribution in [2.45, 2.75) is 39.7 Å². The summed E-state index contributed by atoms with van der Waals surface area (Å²) in [5.41, 5.74) is 2.28. The molecule has 5 heteroatoms. The van der Waals surface area contributed by atoms with Crippen LogP contribution in [0.1, 0.15) is 30.9 Å². The second-order valence-corrected chi connectivity index (χ2v) is 4.94. The number of amides is 1. The molecule has 0 saturated carbocycles. The second kappa shape index (κ2) is 7.53. The van der Waals surface area contributed by atoms with Gasteiger partial charge in [-0.15, -0.1) is 0 Å². The van der Waals surface area contributed by atoms with Gasteiger partial charge < -0.3 is 15.2 Å². The first-order valence-corrected chi connectivity index (χ1v) is 6.59. The lowest BCUT2D eigenvalue weighted by Gasteiger charge is -2.13. The maximum Gasteiger partial charge on any atom is 0.303 e. The van der Waals surface area contributed by atoms with Crippen molar-refractivity contribution in [3.8, 4) is 5.75 Å². The van der Waals surface area contributed by atoms with Gasteiger partial charge in [-0.25, -0.2) is 0 Å². The summed E-state index contributed by atoms with van der Waals surface area (Å²) in [4.78, 5) is 22.1. The first kappa shape index (κ1) is 16.0. The average molecular weight is 279 g/mol. The Balaban J connectivity index is 2.35. The number of ether oxygens (including phenoxy) is 1. The molecule has 0 bridgehead atoms. The molecule has 0 saturated heterocycles. The molecule has 0 heterocycles. The van der Waals surface area contributed by atoms with E-state index in [1.165, 1.54) is 5.56 Å². The Bertz CT molecular complexity index is 485. The molecular weight excluding hydrogens is 258 g/mol. The molecule has 1 aromatic rings. The number of rotatable bonds is 7. The Labute approximate surface area is 118 Å². The van der Waals surface area contributed by atoms with E-state index >= 15 is 0 Å². The lowest BCUT2D eigenvalue weighted by Crippen LogP contribution is -2.36. The van der Waals surface area contributed by atoms with Crippen LogP contribution in [0.3, 0.4) is 0 Å². The molecule has 0 aromatic heterocycles. The van der Waals surface area contributed by atoms with E-state index in [1.54, 1.807) is 6.92 Å². The summed E-state index contributed by atoms with van der Waals surface area (Å²) in [6.45, 7) is 5.70. The summed E-state index contributed by atoms with van der Waals surface area (Å²) in [6, 6.07) is 5.47. The lowest BCUT2D eigenvalue weighted by molar-refractivity contribution is -0.137. The predicted octanol–water partition coefficient (Wildman–Crippen LogP) is 2.05. The van der Waals surface area contributed by atoms with Crippen LogP contribution in [0.2, 0.25) is 0 Å². The molecule has 110 valence electrons. The van der Waals surface area contributed by atoms with Crippen LogP contribution in [-0.4, -0.2) is 29.6 Å². The molecule has 0 aliphatic carbocycles. The molecule has 1 aromatic carbocycles. The first-order chi connectivity index (χ1) is 9.38. The van der Waals surface area contributed by atoms with Crippen molar-refractivity contribution >= 4 is 11.9 Å². The maximum absolute atomic E-state index is 11.6. The minimum atomic E-state index is -0.863. The minimum absolute atomic E-state index is 0.0411. The van der Waals surface area contributed by atoms with Gasteiger partial charge in [0.15, 0.2) is 6.61 Å². The summed E-state index contributed by atoms with van der Waals surface area (Å²) in [5, 5.41) is 11.3. The van der Waals surface area contributed by atoms with Crippen LogP contribution >= 0.6 is 0 Å². The SMILES string of the molecule is Cc1ccc(OCC(=O)NC(C)CCC(=O)O)cc1C. The number of aryl methyl sites for hydroxylation is 2. The van der Waals surface area contributed by atoms with Gasteiger partial charge in [-0.2, -0.15) is 0 Å². The maximum atomic E-state index is 11.6. The Morgan fingerprint density at radius 2 is 2.00 bits per heavy atom. The molecule has 1 unspecified atom stereocenters. The number of carbonyl (C=O) groups is 2. The largest absolute Gasteiger partial charge is 0.484 e. The predicted molar refractivity (Wildman–Crippen MR) is 75.9 cm³/mol. The molecule has 0 aliphatic heterocycles. The minimum Gasteiger partial charge on any atom is -0.484 e. The quantitative estimate of drug-likeness (QED) is 0.801. The van der Waals surface area contributed by atoms with Crippen molar-refractivity contribution in [2.24, 2.45) is 0 Å². The third-order valence-electron chi connectivity index (χ3n) is 3.05. The van der Waals surface area contributed by atoms with E-state index in [1.807, 2.05) is 32.0 Å². The van der Waals surface area contributed by atoms with Gasteiger partial charge >= 0.3 is 5.97 Å². The van der Waals surface area contributed by atoms with Crippen LogP contribution in [-0.2, 0) is 9.59 Å². The van der Waals surface area contributed by atoms with Gasteiger partial charge in [0, 0.05) is 12.5 Å². The van der Waals surface area contributed by atoms with Crippen molar-refractivity contribution in [3.63, 3.8) is 0 Å². The highest BCUT2D eigenvalue weighted by Crippen LogP contribution is 2.16. The van der Waals surface area contributed by atoms with Crippen molar-refractivity contribution < 1.29 is 19.4 Å². The summed E-state index contributed by atoms with van der Waals surface area (Å²) in [5.74, 6) is -0.458. The Morgan fingerprint density at radius 3 is 2.60 bits per heavy atom. The van der Waals surface area contributed by atoms with Gasteiger partial charge in [0.25, 0.3) is 5.91 Å². The fourth-order valence-electron chi connectivity index (χ4n) is 1.68. The lowest BCUT2D eigenvalue weighted by atomic mass is 10.1. The molecule has 0 fully saturated rings. The molecule has 0 radical (unpaired) electrons. The van der Waals surface area contributed by atoms with E-state index in [0.717, 1.165) is 5.56 Å². The number of carbonyl (C=O) groups excluding carboxylic acids is 1. The number of hydrogen-bond donors (Lipinski definition) is 2. The van der Waals surface area contributed by atoms with Crippen LogP contribution < -0.4 is 10.1 Å². The van der Waals surface area contributed by atoms with Crippen LogP contribution in [0, 0.1) is 13.8 Å². The fraction of sp³-hybridized carbons (Fsp3) is 0.467. The fourth-order valence-corrected chi connectivity index (χ4v) is 1.68. The summed E-state index contributed by atoms with van der Waals surface area (Å²) in [6.07, 6.45) is 0.449. The number of aliphatic carboxylic acids is 1. The number of benzene rings is 1. The van der Waals surface area contributed by atoms with Crippen molar-refractivity contribution in [1.82, 2.24) is 5.32 Å². The summed E-state index contributed by atoms with van der Waals surface area (Å²) < 4.78 is 5.40. The zero-order chi connectivity index (χ0) is 15.1. The van der Waals surface area contributed by atoms with E-state index in [2.05, 4.69) is 5.32 Å². The number of carboxylic acid groups (broad SMARTS) is 1.